The quantitative estimate of drug-likeness (QED) is 0.283. The number of anilines is 1. The Labute approximate surface area is 117 Å². The molecule has 0 aliphatic rings. The summed E-state index contributed by atoms with van der Waals surface area (Å²) in [5.41, 5.74) is 5.26. The van der Waals surface area contributed by atoms with Crippen LogP contribution in [0, 0.1) is 11.6 Å². The molecule has 1 heterocycles. The van der Waals surface area contributed by atoms with Crippen molar-refractivity contribution in [2.75, 3.05) is 4.72 Å². The second-order valence-electron chi connectivity index (χ2n) is 3.82. The number of H-pyrrole nitrogens is 1. The molecule has 1 aromatic carbocycles. The number of aromatic nitrogens is 2. The molecule has 0 radical (unpaired) electrons. The van der Waals surface area contributed by atoms with Crippen LogP contribution >= 0.6 is 0 Å². The van der Waals surface area contributed by atoms with Crippen molar-refractivity contribution in [3.8, 4) is 0 Å². The molecule has 0 aliphatic heterocycles. The summed E-state index contributed by atoms with van der Waals surface area (Å²) < 4.78 is 52.6. The predicted octanol–water partition coefficient (Wildman–Crippen LogP) is 0.583. The number of sulfonamides is 1. The van der Waals surface area contributed by atoms with Crippen molar-refractivity contribution in [2.24, 2.45) is 10.9 Å². The Morgan fingerprint density at radius 1 is 1.43 bits per heavy atom. The van der Waals surface area contributed by atoms with E-state index in [1.807, 2.05) is 4.72 Å². The Morgan fingerprint density at radius 3 is 2.81 bits per heavy atom. The smallest absolute Gasteiger partial charge is 0.266 e. The molecule has 21 heavy (non-hydrogen) atoms. The molecule has 0 spiro atoms. The molecule has 0 fully saturated rings. The zero-order valence-corrected chi connectivity index (χ0v) is 11.0. The number of hydrogen-bond donors (Lipinski definition) is 4. The van der Waals surface area contributed by atoms with E-state index in [1.165, 1.54) is 0 Å². The van der Waals surface area contributed by atoms with E-state index in [0.717, 1.165) is 12.3 Å². The maximum Gasteiger partial charge on any atom is 0.266 e. The minimum absolute atomic E-state index is 0.0575. The number of nitrogens with two attached hydrogens (primary N) is 1. The molecule has 112 valence electrons. The van der Waals surface area contributed by atoms with Crippen molar-refractivity contribution in [1.82, 2.24) is 10.2 Å². The molecule has 8 nitrogen and oxygen atoms in total. The lowest BCUT2D eigenvalue weighted by molar-refractivity contribution is 0.318. The molecule has 0 saturated heterocycles. The van der Waals surface area contributed by atoms with Crippen LogP contribution in [0.1, 0.15) is 5.56 Å². The highest BCUT2D eigenvalue weighted by Crippen LogP contribution is 2.20. The van der Waals surface area contributed by atoms with Crippen LogP contribution in [0.25, 0.3) is 0 Å². The SMILES string of the molecule is NC(=NO)c1cn[nH]c1NS(=O)(=O)c1cc(F)ccc1F. The van der Waals surface area contributed by atoms with Gasteiger partial charge in [0.2, 0.25) is 0 Å². The van der Waals surface area contributed by atoms with E-state index < -0.39 is 32.4 Å². The normalized spacial score (nSPS) is 12.4. The summed E-state index contributed by atoms with van der Waals surface area (Å²) in [5, 5.41) is 17.0. The number of benzene rings is 1. The van der Waals surface area contributed by atoms with Gasteiger partial charge in [-0.05, 0) is 18.2 Å². The summed E-state index contributed by atoms with van der Waals surface area (Å²) in [4.78, 5) is -0.887. The first-order valence-electron chi connectivity index (χ1n) is 5.34. The fraction of sp³-hybridized carbons (Fsp3) is 0. The molecule has 11 heteroatoms. The molecule has 2 rings (SSSR count). The molecule has 0 amide bonds. The summed E-state index contributed by atoms with van der Waals surface area (Å²) in [5.74, 6) is -2.72. The Kier molecular flexibility index (Phi) is 3.76. The first kappa shape index (κ1) is 14.7. The largest absolute Gasteiger partial charge is 0.409 e. The number of nitrogens with one attached hydrogen (secondary N) is 2. The maximum absolute atomic E-state index is 13.5. The number of oxime groups is 1. The van der Waals surface area contributed by atoms with E-state index in [9.17, 15) is 17.2 Å². The minimum Gasteiger partial charge on any atom is -0.409 e. The highest BCUT2D eigenvalue weighted by atomic mass is 32.2. The van der Waals surface area contributed by atoms with E-state index in [2.05, 4.69) is 15.4 Å². The van der Waals surface area contributed by atoms with Gasteiger partial charge in [-0.3, -0.25) is 9.82 Å². The van der Waals surface area contributed by atoms with E-state index in [0.29, 0.717) is 12.1 Å². The fourth-order valence-corrected chi connectivity index (χ4v) is 2.61. The van der Waals surface area contributed by atoms with E-state index in [1.54, 1.807) is 0 Å². The van der Waals surface area contributed by atoms with Crippen LogP contribution in [0.3, 0.4) is 0 Å². The lowest BCUT2D eigenvalue weighted by Crippen LogP contribution is -2.19. The third-order valence-corrected chi connectivity index (χ3v) is 3.81. The summed E-state index contributed by atoms with van der Waals surface area (Å²) >= 11 is 0. The standard InChI is InChI=1S/C10H9F2N5O3S/c11-5-1-2-7(12)8(3-5)21(19,20)17-10-6(4-14-15-10)9(13)16-18/h1-4,18H,(H2,13,16)(H2,14,15,17). The van der Waals surface area contributed by atoms with Crippen LogP contribution in [-0.4, -0.2) is 29.7 Å². The second-order valence-corrected chi connectivity index (χ2v) is 5.47. The molecule has 0 bridgehead atoms. The van der Waals surface area contributed by atoms with E-state index in [4.69, 9.17) is 10.9 Å². The van der Waals surface area contributed by atoms with Crippen LogP contribution in [0.5, 0.6) is 0 Å². The average Bonchev–Trinajstić information content (AvgIpc) is 2.87. The molecule has 1 aromatic heterocycles. The van der Waals surface area contributed by atoms with E-state index >= 15 is 0 Å². The van der Waals surface area contributed by atoms with Gasteiger partial charge in [-0.15, -0.1) is 0 Å². The van der Waals surface area contributed by atoms with Crippen molar-refractivity contribution in [2.45, 2.75) is 4.90 Å². The molecule has 2 aromatic rings. The molecule has 0 unspecified atom stereocenters. The van der Waals surface area contributed by atoms with Crippen LogP contribution < -0.4 is 10.5 Å². The monoisotopic (exact) mass is 317 g/mol. The van der Waals surface area contributed by atoms with Crippen LogP contribution in [0.4, 0.5) is 14.6 Å². The van der Waals surface area contributed by atoms with Crippen molar-refractivity contribution in [3.63, 3.8) is 0 Å². The number of hydrogen-bond acceptors (Lipinski definition) is 5. The van der Waals surface area contributed by atoms with Crippen molar-refractivity contribution in [1.29, 1.82) is 0 Å². The lowest BCUT2D eigenvalue weighted by Gasteiger charge is -2.08. The van der Waals surface area contributed by atoms with Crippen molar-refractivity contribution < 1.29 is 22.4 Å². The van der Waals surface area contributed by atoms with Crippen LogP contribution in [0.2, 0.25) is 0 Å². The van der Waals surface area contributed by atoms with Crippen LogP contribution in [0.15, 0.2) is 34.4 Å². The van der Waals surface area contributed by atoms with Gasteiger partial charge in [0.05, 0.1) is 11.8 Å². The van der Waals surface area contributed by atoms with Gasteiger partial charge in [-0.2, -0.15) is 5.10 Å². The first-order chi connectivity index (χ1) is 9.85. The van der Waals surface area contributed by atoms with Gasteiger partial charge in [0, 0.05) is 0 Å². The topological polar surface area (TPSA) is 133 Å². The average molecular weight is 317 g/mol. The Balaban J connectivity index is 2.43. The Bertz CT molecular complexity index is 803. The van der Waals surface area contributed by atoms with Gasteiger partial charge in [0.15, 0.2) is 5.84 Å². The Hall–Kier alpha value is -2.69. The zero-order valence-electron chi connectivity index (χ0n) is 10.2. The highest BCUT2D eigenvalue weighted by molar-refractivity contribution is 7.92. The second kappa shape index (κ2) is 5.36. The van der Waals surface area contributed by atoms with Gasteiger partial charge < -0.3 is 10.9 Å². The summed E-state index contributed by atoms with van der Waals surface area (Å²) in [6, 6.07) is 1.99. The number of rotatable bonds is 4. The van der Waals surface area contributed by atoms with Gasteiger partial charge >= 0.3 is 0 Å². The molecule has 0 atom stereocenters. The molecule has 5 N–H and O–H groups in total. The number of nitrogens with zero attached hydrogens (tertiary/aromatic N) is 2. The van der Waals surface area contributed by atoms with Gasteiger partial charge in [-0.1, -0.05) is 5.16 Å². The molecule has 0 saturated carbocycles. The van der Waals surface area contributed by atoms with E-state index in [-0.39, 0.29) is 11.4 Å². The summed E-state index contributed by atoms with van der Waals surface area (Å²) in [7, 11) is -4.43. The fourth-order valence-electron chi connectivity index (χ4n) is 1.48. The van der Waals surface area contributed by atoms with Gasteiger partial charge in [-0.25, -0.2) is 17.2 Å². The summed E-state index contributed by atoms with van der Waals surface area (Å²) in [6.07, 6.45) is 1.09. The third-order valence-electron chi connectivity index (χ3n) is 2.44. The number of amidine groups is 1. The third kappa shape index (κ3) is 2.91. The van der Waals surface area contributed by atoms with Crippen molar-refractivity contribution in [3.05, 3.63) is 41.6 Å². The van der Waals surface area contributed by atoms with Crippen molar-refractivity contribution >= 4 is 21.7 Å². The Morgan fingerprint density at radius 2 is 2.14 bits per heavy atom. The molecular formula is C10H9F2N5O3S. The minimum atomic E-state index is -4.43. The van der Waals surface area contributed by atoms with Gasteiger partial charge in [0.1, 0.15) is 22.3 Å². The molecule has 0 aliphatic carbocycles. The number of halogens is 2. The number of aromatic amines is 1. The molecular weight excluding hydrogens is 308 g/mol. The summed E-state index contributed by atoms with van der Waals surface area (Å²) in [6.45, 7) is 0. The van der Waals surface area contributed by atoms with Gasteiger partial charge in [0.25, 0.3) is 10.0 Å². The first-order valence-corrected chi connectivity index (χ1v) is 6.82. The van der Waals surface area contributed by atoms with Crippen LogP contribution in [-0.2, 0) is 10.0 Å². The zero-order chi connectivity index (χ0) is 15.6. The highest BCUT2D eigenvalue weighted by Gasteiger charge is 2.23. The predicted molar refractivity (Wildman–Crippen MR) is 68.3 cm³/mol. The maximum atomic E-state index is 13.5. The lowest BCUT2D eigenvalue weighted by atomic mass is 10.3.